The van der Waals surface area contributed by atoms with Crippen LogP contribution in [-0.4, -0.2) is 21.7 Å². The van der Waals surface area contributed by atoms with Crippen LogP contribution in [0.1, 0.15) is 42.4 Å². The van der Waals surface area contributed by atoms with Crippen LogP contribution in [0.25, 0.3) is 11.8 Å². The summed E-state index contributed by atoms with van der Waals surface area (Å²) in [5, 5.41) is 0. The minimum absolute atomic E-state index is 0.187. The highest BCUT2D eigenvalue weighted by atomic mass is 127. The fourth-order valence-electron chi connectivity index (χ4n) is 4.81. The van der Waals surface area contributed by atoms with Crippen molar-refractivity contribution in [2.75, 3.05) is 6.61 Å². The molecule has 0 saturated heterocycles. The molecule has 0 fully saturated rings. The molecule has 6 nitrogen and oxygen atoms in total. The monoisotopic (exact) mass is 641 g/mol. The van der Waals surface area contributed by atoms with E-state index >= 15 is 0 Å². The average Bonchev–Trinajstić information content (AvgIpc) is 3.34. The highest BCUT2D eigenvalue weighted by Crippen LogP contribution is 2.31. The van der Waals surface area contributed by atoms with Gasteiger partial charge in [-0.1, -0.05) is 23.5 Å². The highest BCUT2D eigenvalue weighted by molar-refractivity contribution is 14.1. The van der Waals surface area contributed by atoms with Gasteiger partial charge in [-0.25, -0.2) is 14.2 Å². The SMILES string of the molecule is CCOC(=O)C1=C(C)N=c2s/c(=C\c3cc(C)n(-c4ccc(I)cc4)c3C)c(=O)n2[C@H]1c1ccc(F)cc1. The Kier molecular flexibility index (Phi) is 7.23. The number of rotatable bonds is 5. The van der Waals surface area contributed by atoms with E-state index in [1.165, 1.54) is 28.0 Å². The van der Waals surface area contributed by atoms with Crippen molar-refractivity contribution in [2.24, 2.45) is 4.99 Å². The number of fused-ring (bicyclic) bond motifs is 1. The number of allylic oxidation sites excluding steroid dienone is 1. The van der Waals surface area contributed by atoms with Crippen molar-refractivity contribution in [3.05, 3.63) is 117 Å². The summed E-state index contributed by atoms with van der Waals surface area (Å²) in [4.78, 5) is 31.9. The maximum Gasteiger partial charge on any atom is 0.338 e. The molecule has 194 valence electrons. The molecular formula is C29H25FIN3O3S. The summed E-state index contributed by atoms with van der Waals surface area (Å²) in [6.45, 7) is 7.70. The number of aromatic nitrogens is 2. The van der Waals surface area contributed by atoms with Crippen molar-refractivity contribution in [2.45, 2.75) is 33.7 Å². The Bertz CT molecular complexity index is 1760. The maximum atomic E-state index is 13.8. The van der Waals surface area contributed by atoms with E-state index in [0.717, 1.165) is 26.2 Å². The van der Waals surface area contributed by atoms with Gasteiger partial charge in [-0.05, 0) is 110 Å². The zero-order chi connectivity index (χ0) is 27.1. The summed E-state index contributed by atoms with van der Waals surface area (Å²) >= 11 is 3.55. The van der Waals surface area contributed by atoms with Crippen LogP contribution in [0.4, 0.5) is 4.39 Å². The molecule has 1 aliphatic rings. The number of ether oxygens (including phenoxy) is 1. The van der Waals surface area contributed by atoms with E-state index in [1.54, 1.807) is 26.0 Å². The molecule has 1 aliphatic heterocycles. The molecule has 2 aromatic heterocycles. The lowest BCUT2D eigenvalue weighted by molar-refractivity contribution is -0.139. The van der Waals surface area contributed by atoms with Gasteiger partial charge in [-0.15, -0.1) is 0 Å². The molecule has 0 bridgehead atoms. The molecule has 2 aromatic carbocycles. The van der Waals surface area contributed by atoms with Crippen LogP contribution in [0.3, 0.4) is 0 Å². The highest BCUT2D eigenvalue weighted by Gasteiger charge is 2.33. The van der Waals surface area contributed by atoms with Gasteiger partial charge < -0.3 is 9.30 Å². The molecule has 0 N–H and O–H groups in total. The van der Waals surface area contributed by atoms with Gasteiger partial charge in [-0.2, -0.15) is 0 Å². The number of esters is 1. The van der Waals surface area contributed by atoms with E-state index in [-0.39, 0.29) is 17.7 Å². The Morgan fingerprint density at radius 3 is 2.47 bits per heavy atom. The summed E-state index contributed by atoms with van der Waals surface area (Å²) in [5.41, 5.74) is 5.11. The number of nitrogens with zero attached hydrogens (tertiary/aromatic N) is 3. The molecule has 1 atom stereocenters. The van der Waals surface area contributed by atoms with Crippen molar-refractivity contribution in [3.63, 3.8) is 0 Å². The van der Waals surface area contributed by atoms with Gasteiger partial charge >= 0.3 is 5.97 Å². The second-order valence-electron chi connectivity index (χ2n) is 8.99. The average molecular weight is 642 g/mol. The Labute approximate surface area is 236 Å². The predicted octanol–water partition coefficient (Wildman–Crippen LogP) is 4.95. The van der Waals surface area contributed by atoms with E-state index in [4.69, 9.17) is 4.74 Å². The van der Waals surface area contributed by atoms with Crippen LogP contribution in [0.2, 0.25) is 0 Å². The van der Waals surface area contributed by atoms with Gasteiger partial charge in [0.05, 0.1) is 28.5 Å². The maximum absolute atomic E-state index is 13.8. The number of carbonyl (C=O) groups is 1. The molecule has 9 heteroatoms. The minimum atomic E-state index is -0.771. The van der Waals surface area contributed by atoms with Crippen LogP contribution < -0.4 is 14.9 Å². The van der Waals surface area contributed by atoms with Gasteiger partial charge in [0.2, 0.25) is 0 Å². The predicted molar refractivity (Wildman–Crippen MR) is 155 cm³/mol. The Hall–Kier alpha value is -3.31. The first-order valence-corrected chi connectivity index (χ1v) is 14.0. The van der Waals surface area contributed by atoms with Crippen LogP contribution in [0, 0.1) is 23.2 Å². The lowest BCUT2D eigenvalue weighted by Gasteiger charge is -2.24. The normalized spacial score (nSPS) is 15.4. The zero-order valence-corrected chi connectivity index (χ0v) is 24.3. The molecule has 3 heterocycles. The topological polar surface area (TPSA) is 65.6 Å². The van der Waals surface area contributed by atoms with Crippen molar-refractivity contribution >= 4 is 46.0 Å². The number of hydrogen-bond acceptors (Lipinski definition) is 5. The number of halogens is 2. The van der Waals surface area contributed by atoms with E-state index < -0.39 is 17.8 Å². The second kappa shape index (κ2) is 10.5. The fraction of sp³-hybridized carbons (Fsp3) is 0.207. The zero-order valence-electron chi connectivity index (χ0n) is 21.3. The molecule has 38 heavy (non-hydrogen) atoms. The lowest BCUT2D eigenvalue weighted by Crippen LogP contribution is -2.39. The third-order valence-corrected chi connectivity index (χ3v) is 8.25. The van der Waals surface area contributed by atoms with Crippen molar-refractivity contribution in [3.8, 4) is 5.69 Å². The summed E-state index contributed by atoms with van der Waals surface area (Å²) in [7, 11) is 0. The summed E-state index contributed by atoms with van der Waals surface area (Å²) in [5.74, 6) is -0.943. The van der Waals surface area contributed by atoms with Crippen LogP contribution >= 0.6 is 33.9 Å². The fourth-order valence-corrected chi connectivity index (χ4v) is 6.21. The Morgan fingerprint density at radius 2 is 1.82 bits per heavy atom. The molecule has 0 radical (unpaired) electrons. The number of carbonyl (C=O) groups excluding carboxylic acids is 1. The molecule has 0 aliphatic carbocycles. The first-order valence-electron chi connectivity index (χ1n) is 12.1. The van der Waals surface area contributed by atoms with E-state index in [0.29, 0.717) is 20.6 Å². The summed E-state index contributed by atoms with van der Waals surface area (Å²) in [6, 6.07) is 15.4. The molecule has 0 spiro atoms. The van der Waals surface area contributed by atoms with Gasteiger partial charge in [0, 0.05) is 20.6 Å². The molecule has 4 aromatic rings. The first kappa shape index (κ1) is 26.3. The molecule has 5 rings (SSSR count). The minimum Gasteiger partial charge on any atom is -0.463 e. The van der Waals surface area contributed by atoms with Gasteiger partial charge in [0.1, 0.15) is 5.82 Å². The lowest BCUT2D eigenvalue weighted by atomic mass is 9.96. The molecule has 0 amide bonds. The summed E-state index contributed by atoms with van der Waals surface area (Å²) < 4.78 is 24.4. The number of thiazole rings is 1. The quantitative estimate of drug-likeness (QED) is 0.229. The number of aryl methyl sites for hydroxylation is 1. The molecule has 0 saturated carbocycles. The summed E-state index contributed by atoms with van der Waals surface area (Å²) in [6.07, 6.45) is 1.88. The smallest absolute Gasteiger partial charge is 0.338 e. The first-order chi connectivity index (χ1) is 18.2. The van der Waals surface area contributed by atoms with Crippen molar-refractivity contribution < 1.29 is 13.9 Å². The standard InChI is InChI=1S/C29H25FIN3O3S/c1-5-37-28(36)25-17(3)32-29-34(26(25)19-6-8-21(30)9-7-19)27(35)24(38-29)15-20-14-16(2)33(18(20)4)23-12-10-22(31)11-13-23/h6-15,26H,5H2,1-4H3/b24-15-/t26-/m0/s1. The van der Waals surface area contributed by atoms with Crippen molar-refractivity contribution in [1.82, 2.24) is 9.13 Å². The van der Waals surface area contributed by atoms with E-state index in [2.05, 4.69) is 62.5 Å². The van der Waals surface area contributed by atoms with Crippen LogP contribution in [0.15, 0.2) is 75.7 Å². The molecular weight excluding hydrogens is 616 g/mol. The Morgan fingerprint density at radius 1 is 1.13 bits per heavy atom. The largest absolute Gasteiger partial charge is 0.463 e. The number of benzene rings is 2. The number of hydrogen-bond donors (Lipinski definition) is 0. The van der Waals surface area contributed by atoms with Crippen LogP contribution in [-0.2, 0) is 9.53 Å². The van der Waals surface area contributed by atoms with E-state index in [9.17, 15) is 14.0 Å². The third-order valence-electron chi connectivity index (χ3n) is 6.54. The van der Waals surface area contributed by atoms with Gasteiger partial charge in [0.15, 0.2) is 4.80 Å². The second-order valence-corrected chi connectivity index (χ2v) is 11.2. The van der Waals surface area contributed by atoms with Gasteiger partial charge in [0.25, 0.3) is 5.56 Å². The van der Waals surface area contributed by atoms with Gasteiger partial charge in [-0.3, -0.25) is 9.36 Å². The van der Waals surface area contributed by atoms with E-state index in [1.807, 2.05) is 19.9 Å². The third kappa shape index (κ3) is 4.69. The molecule has 0 unspecified atom stereocenters. The van der Waals surface area contributed by atoms with Crippen LogP contribution in [0.5, 0.6) is 0 Å². The Balaban J connectivity index is 1.68. The van der Waals surface area contributed by atoms with Crippen molar-refractivity contribution in [1.29, 1.82) is 0 Å².